The third kappa shape index (κ3) is 4.06. The molecule has 1 aromatic carbocycles. The maximum absolute atomic E-state index is 11.8. The number of carbonyl (C=O) groups is 1. The molecule has 0 spiro atoms. The largest absolute Gasteiger partial charge is 0.462 e. The highest BCUT2D eigenvalue weighted by atomic mass is 79.9. The van der Waals surface area contributed by atoms with Gasteiger partial charge in [0.25, 0.3) is 0 Å². The maximum atomic E-state index is 11.8. The highest BCUT2D eigenvalue weighted by Crippen LogP contribution is 2.18. The van der Waals surface area contributed by atoms with Crippen LogP contribution in [0.15, 0.2) is 47.2 Å². The summed E-state index contributed by atoms with van der Waals surface area (Å²) in [5, 5.41) is 0. The molecule has 0 amide bonds. The van der Waals surface area contributed by atoms with Crippen molar-refractivity contribution in [3.63, 3.8) is 0 Å². The monoisotopic (exact) mass is 320 g/mol. The normalized spacial score (nSPS) is 10.2. The molecule has 5 heteroatoms. The number of nitrogens with two attached hydrogens (primary N) is 1. The van der Waals surface area contributed by atoms with Crippen LogP contribution in [-0.4, -0.2) is 17.6 Å². The second-order valence-corrected chi connectivity index (χ2v) is 4.93. The first-order valence-electron chi connectivity index (χ1n) is 5.77. The van der Waals surface area contributed by atoms with Gasteiger partial charge in [0, 0.05) is 29.0 Å². The Morgan fingerprint density at radius 2 is 2.00 bits per heavy atom. The van der Waals surface area contributed by atoms with Gasteiger partial charge in [0.05, 0.1) is 12.2 Å². The van der Waals surface area contributed by atoms with Crippen molar-refractivity contribution >= 4 is 27.6 Å². The zero-order valence-electron chi connectivity index (χ0n) is 10.2. The Hall–Kier alpha value is -1.88. The SMILES string of the molecule is Nc1cc(Br)cc(C(=O)OCCc2ccncc2)c1. The topological polar surface area (TPSA) is 65.2 Å². The second kappa shape index (κ2) is 6.33. The summed E-state index contributed by atoms with van der Waals surface area (Å²) < 4.78 is 5.96. The summed E-state index contributed by atoms with van der Waals surface area (Å²) in [5.41, 5.74) is 7.72. The highest BCUT2D eigenvalue weighted by Gasteiger charge is 2.08. The van der Waals surface area contributed by atoms with Gasteiger partial charge in [-0.05, 0) is 35.9 Å². The molecule has 4 nitrogen and oxygen atoms in total. The van der Waals surface area contributed by atoms with Gasteiger partial charge in [-0.2, -0.15) is 0 Å². The van der Waals surface area contributed by atoms with Crippen LogP contribution in [0, 0.1) is 0 Å². The van der Waals surface area contributed by atoms with Crippen molar-refractivity contribution in [1.29, 1.82) is 0 Å². The standard InChI is InChI=1S/C14H13BrN2O2/c15-12-7-11(8-13(16)9-12)14(18)19-6-3-10-1-4-17-5-2-10/h1-2,4-5,7-9H,3,6,16H2. The van der Waals surface area contributed by atoms with Crippen molar-refractivity contribution in [1.82, 2.24) is 4.98 Å². The lowest BCUT2D eigenvalue weighted by atomic mass is 10.2. The quantitative estimate of drug-likeness (QED) is 0.695. The lowest BCUT2D eigenvalue weighted by molar-refractivity contribution is 0.0509. The fraction of sp³-hybridized carbons (Fsp3) is 0.143. The summed E-state index contributed by atoms with van der Waals surface area (Å²) in [6, 6.07) is 8.80. The third-order valence-corrected chi connectivity index (χ3v) is 2.99. The Kier molecular flexibility index (Phi) is 4.52. The smallest absolute Gasteiger partial charge is 0.338 e. The Bertz CT molecular complexity index is 553. The molecule has 0 radical (unpaired) electrons. The van der Waals surface area contributed by atoms with E-state index in [1.165, 1.54) is 0 Å². The van der Waals surface area contributed by atoms with Gasteiger partial charge in [-0.1, -0.05) is 15.9 Å². The number of hydrogen-bond acceptors (Lipinski definition) is 4. The van der Waals surface area contributed by atoms with Gasteiger partial charge in [-0.25, -0.2) is 4.79 Å². The van der Waals surface area contributed by atoms with E-state index < -0.39 is 0 Å². The Balaban J connectivity index is 1.91. The molecule has 0 saturated heterocycles. The van der Waals surface area contributed by atoms with Crippen molar-refractivity contribution in [3.05, 3.63) is 58.3 Å². The maximum Gasteiger partial charge on any atom is 0.338 e. The predicted octanol–water partition coefficient (Wildman–Crippen LogP) is 2.83. The number of pyridine rings is 1. The van der Waals surface area contributed by atoms with E-state index in [4.69, 9.17) is 10.5 Å². The third-order valence-electron chi connectivity index (χ3n) is 2.53. The zero-order valence-corrected chi connectivity index (χ0v) is 11.8. The van der Waals surface area contributed by atoms with Crippen molar-refractivity contribution in [2.75, 3.05) is 12.3 Å². The average molecular weight is 321 g/mol. The molecular weight excluding hydrogens is 308 g/mol. The van der Waals surface area contributed by atoms with Gasteiger partial charge in [-0.3, -0.25) is 4.98 Å². The summed E-state index contributed by atoms with van der Waals surface area (Å²) in [6.45, 7) is 0.329. The van der Waals surface area contributed by atoms with E-state index in [1.807, 2.05) is 12.1 Å². The molecule has 0 aliphatic heterocycles. The van der Waals surface area contributed by atoms with Gasteiger partial charge in [0.2, 0.25) is 0 Å². The lowest BCUT2D eigenvalue weighted by Gasteiger charge is -2.06. The first kappa shape index (κ1) is 13.5. The molecule has 0 bridgehead atoms. The van der Waals surface area contributed by atoms with Crippen molar-refractivity contribution in [2.45, 2.75) is 6.42 Å². The van der Waals surface area contributed by atoms with Gasteiger partial charge >= 0.3 is 5.97 Å². The van der Waals surface area contributed by atoms with Crippen LogP contribution < -0.4 is 5.73 Å². The first-order chi connectivity index (χ1) is 9.15. The van der Waals surface area contributed by atoms with E-state index in [0.717, 1.165) is 10.0 Å². The number of benzene rings is 1. The fourth-order valence-electron chi connectivity index (χ4n) is 1.62. The number of nitrogens with zero attached hydrogens (tertiary/aromatic N) is 1. The van der Waals surface area contributed by atoms with Crippen LogP contribution in [-0.2, 0) is 11.2 Å². The van der Waals surface area contributed by atoms with Crippen LogP contribution in [0.5, 0.6) is 0 Å². The molecule has 1 heterocycles. The second-order valence-electron chi connectivity index (χ2n) is 4.01. The van der Waals surface area contributed by atoms with Gasteiger partial charge in [0.1, 0.15) is 0 Å². The molecule has 0 atom stereocenters. The number of halogens is 1. The average Bonchev–Trinajstić information content (AvgIpc) is 2.38. The minimum atomic E-state index is -0.373. The molecular formula is C14H13BrN2O2. The Morgan fingerprint density at radius 1 is 1.26 bits per heavy atom. The summed E-state index contributed by atoms with van der Waals surface area (Å²) in [4.78, 5) is 15.8. The van der Waals surface area contributed by atoms with Crippen LogP contribution in [0.2, 0.25) is 0 Å². The minimum absolute atomic E-state index is 0.329. The van der Waals surface area contributed by atoms with Crippen LogP contribution in [0.1, 0.15) is 15.9 Å². The van der Waals surface area contributed by atoms with E-state index in [1.54, 1.807) is 30.6 Å². The Labute approximate surface area is 119 Å². The number of aromatic nitrogens is 1. The molecule has 0 saturated carbocycles. The van der Waals surface area contributed by atoms with E-state index in [-0.39, 0.29) is 5.97 Å². The molecule has 2 N–H and O–H groups in total. The van der Waals surface area contributed by atoms with Crippen molar-refractivity contribution < 1.29 is 9.53 Å². The van der Waals surface area contributed by atoms with Gasteiger partial charge in [-0.15, -0.1) is 0 Å². The zero-order chi connectivity index (χ0) is 13.7. The van der Waals surface area contributed by atoms with Crippen molar-refractivity contribution in [2.24, 2.45) is 0 Å². The molecule has 0 unspecified atom stereocenters. The number of carbonyl (C=O) groups excluding carboxylic acids is 1. The lowest BCUT2D eigenvalue weighted by Crippen LogP contribution is -2.08. The predicted molar refractivity (Wildman–Crippen MR) is 76.8 cm³/mol. The van der Waals surface area contributed by atoms with Crippen LogP contribution in [0.25, 0.3) is 0 Å². The summed E-state index contributed by atoms with van der Waals surface area (Å²) >= 11 is 3.29. The number of hydrogen-bond donors (Lipinski definition) is 1. The van der Waals surface area contributed by atoms with E-state index in [2.05, 4.69) is 20.9 Å². The molecule has 0 aliphatic carbocycles. The number of anilines is 1. The molecule has 98 valence electrons. The molecule has 0 aliphatic rings. The van der Waals surface area contributed by atoms with Crippen LogP contribution >= 0.6 is 15.9 Å². The first-order valence-corrected chi connectivity index (χ1v) is 6.56. The summed E-state index contributed by atoms with van der Waals surface area (Å²) in [5.74, 6) is -0.373. The van der Waals surface area contributed by atoms with E-state index in [0.29, 0.717) is 24.3 Å². The summed E-state index contributed by atoms with van der Waals surface area (Å²) in [6.07, 6.45) is 4.09. The fourth-order valence-corrected chi connectivity index (χ4v) is 2.14. The molecule has 19 heavy (non-hydrogen) atoms. The van der Waals surface area contributed by atoms with Gasteiger partial charge in [0.15, 0.2) is 0 Å². The van der Waals surface area contributed by atoms with Crippen molar-refractivity contribution in [3.8, 4) is 0 Å². The number of rotatable bonds is 4. The number of ether oxygens (including phenoxy) is 1. The molecule has 2 aromatic rings. The number of nitrogen functional groups attached to an aromatic ring is 1. The summed E-state index contributed by atoms with van der Waals surface area (Å²) in [7, 11) is 0. The van der Waals surface area contributed by atoms with Crippen LogP contribution in [0.4, 0.5) is 5.69 Å². The minimum Gasteiger partial charge on any atom is -0.462 e. The number of esters is 1. The van der Waals surface area contributed by atoms with Crippen LogP contribution in [0.3, 0.4) is 0 Å². The van der Waals surface area contributed by atoms with E-state index >= 15 is 0 Å². The molecule has 1 aromatic heterocycles. The highest BCUT2D eigenvalue weighted by molar-refractivity contribution is 9.10. The van der Waals surface area contributed by atoms with Gasteiger partial charge < -0.3 is 10.5 Å². The Morgan fingerprint density at radius 3 is 2.68 bits per heavy atom. The molecule has 2 rings (SSSR count). The van der Waals surface area contributed by atoms with E-state index in [9.17, 15) is 4.79 Å². The molecule has 0 fully saturated rings.